The lowest BCUT2D eigenvalue weighted by molar-refractivity contribution is 0.603. The maximum Gasteiger partial charge on any atom is 0.0568 e. The van der Waals surface area contributed by atoms with Gasteiger partial charge in [0.05, 0.1) is 6.20 Å². The quantitative estimate of drug-likeness (QED) is 0.859. The SMILES string of the molecule is CCCn1cc(-c2ccccc2CNC2CC2)cn1. The summed E-state index contributed by atoms with van der Waals surface area (Å²) in [4.78, 5) is 0. The van der Waals surface area contributed by atoms with Crippen LogP contribution in [0.15, 0.2) is 36.7 Å². The highest BCUT2D eigenvalue weighted by Gasteiger charge is 2.20. The lowest BCUT2D eigenvalue weighted by Gasteiger charge is -2.08. The number of aromatic nitrogens is 2. The third-order valence-corrected chi connectivity index (χ3v) is 3.57. The monoisotopic (exact) mass is 255 g/mol. The lowest BCUT2D eigenvalue weighted by Crippen LogP contribution is -2.15. The van der Waals surface area contributed by atoms with E-state index in [0.717, 1.165) is 25.6 Å². The summed E-state index contributed by atoms with van der Waals surface area (Å²) in [6.45, 7) is 4.12. The molecule has 0 radical (unpaired) electrons. The Labute approximate surface area is 114 Å². The largest absolute Gasteiger partial charge is 0.310 e. The number of nitrogens with one attached hydrogen (secondary N) is 1. The van der Waals surface area contributed by atoms with Crippen molar-refractivity contribution in [2.24, 2.45) is 0 Å². The van der Waals surface area contributed by atoms with E-state index in [-0.39, 0.29) is 0 Å². The number of nitrogens with zero attached hydrogens (tertiary/aromatic N) is 2. The Kier molecular flexibility index (Phi) is 3.65. The summed E-state index contributed by atoms with van der Waals surface area (Å²) in [6.07, 6.45) is 7.91. The van der Waals surface area contributed by atoms with E-state index in [0.29, 0.717) is 0 Å². The minimum atomic E-state index is 0.746. The molecule has 0 bridgehead atoms. The first-order valence-corrected chi connectivity index (χ1v) is 7.21. The van der Waals surface area contributed by atoms with Gasteiger partial charge in [-0.05, 0) is 30.4 Å². The summed E-state index contributed by atoms with van der Waals surface area (Å²) >= 11 is 0. The Hall–Kier alpha value is -1.61. The summed E-state index contributed by atoms with van der Waals surface area (Å²) < 4.78 is 2.03. The van der Waals surface area contributed by atoms with Crippen molar-refractivity contribution >= 4 is 0 Å². The lowest BCUT2D eigenvalue weighted by atomic mass is 10.0. The highest BCUT2D eigenvalue weighted by molar-refractivity contribution is 5.65. The van der Waals surface area contributed by atoms with Crippen LogP contribution in [0, 0.1) is 0 Å². The number of hydrogen-bond acceptors (Lipinski definition) is 2. The summed E-state index contributed by atoms with van der Waals surface area (Å²) in [5.74, 6) is 0. The van der Waals surface area contributed by atoms with Crippen LogP contribution in [0.2, 0.25) is 0 Å². The first kappa shape index (κ1) is 12.4. The smallest absolute Gasteiger partial charge is 0.0568 e. The molecule has 0 amide bonds. The Morgan fingerprint density at radius 2 is 2.16 bits per heavy atom. The first-order chi connectivity index (χ1) is 9.36. The van der Waals surface area contributed by atoms with Gasteiger partial charge in [0, 0.05) is 30.9 Å². The second kappa shape index (κ2) is 5.57. The van der Waals surface area contributed by atoms with Crippen molar-refractivity contribution < 1.29 is 0 Å². The summed E-state index contributed by atoms with van der Waals surface area (Å²) in [5.41, 5.74) is 3.89. The molecule has 1 aliphatic carbocycles. The van der Waals surface area contributed by atoms with Gasteiger partial charge in [-0.25, -0.2) is 0 Å². The predicted octanol–water partition coefficient (Wildman–Crippen LogP) is 3.21. The van der Waals surface area contributed by atoms with E-state index in [1.807, 2.05) is 10.9 Å². The molecule has 0 spiro atoms. The van der Waals surface area contributed by atoms with Gasteiger partial charge in [0.1, 0.15) is 0 Å². The third kappa shape index (κ3) is 3.04. The predicted molar refractivity (Wildman–Crippen MR) is 77.8 cm³/mol. The van der Waals surface area contributed by atoms with Crippen molar-refractivity contribution in [3.05, 3.63) is 42.2 Å². The molecular weight excluding hydrogens is 234 g/mol. The van der Waals surface area contributed by atoms with E-state index in [1.165, 1.54) is 29.5 Å². The van der Waals surface area contributed by atoms with Gasteiger partial charge < -0.3 is 5.32 Å². The molecular formula is C16H21N3. The summed E-state index contributed by atoms with van der Waals surface area (Å²) in [7, 11) is 0. The van der Waals surface area contributed by atoms with Crippen molar-refractivity contribution in [3.8, 4) is 11.1 Å². The average Bonchev–Trinajstić information content (AvgIpc) is 3.16. The molecule has 1 fully saturated rings. The molecule has 0 unspecified atom stereocenters. The normalized spacial score (nSPS) is 14.8. The van der Waals surface area contributed by atoms with E-state index in [2.05, 4.69) is 47.8 Å². The molecule has 3 rings (SSSR count). The van der Waals surface area contributed by atoms with Crippen LogP contribution in [0.1, 0.15) is 31.7 Å². The van der Waals surface area contributed by atoms with E-state index >= 15 is 0 Å². The summed E-state index contributed by atoms with van der Waals surface area (Å²) in [5, 5.41) is 8.02. The number of benzene rings is 1. The zero-order valence-corrected chi connectivity index (χ0v) is 11.5. The van der Waals surface area contributed by atoms with Crippen LogP contribution < -0.4 is 5.32 Å². The molecule has 3 nitrogen and oxygen atoms in total. The summed E-state index contributed by atoms with van der Waals surface area (Å²) in [6, 6.07) is 9.37. The standard InChI is InChI=1S/C16H21N3/c1-2-9-19-12-14(11-18-19)16-6-4-3-5-13(16)10-17-15-7-8-15/h3-6,11-12,15,17H,2,7-10H2,1H3. The van der Waals surface area contributed by atoms with Gasteiger partial charge in [-0.1, -0.05) is 31.2 Å². The van der Waals surface area contributed by atoms with Crippen LogP contribution in [0.5, 0.6) is 0 Å². The van der Waals surface area contributed by atoms with Crippen LogP contribution in [0.4, 0.5) is 0 Å². The second-order valence-electron chi connectivity index (χ2n) is 5.30. The van der Waals surface area contributed by atoms with Crippen molar-refractivity contribution in [1.29, 1.82) is 0 Å². The van der Waals surface area contributed by atoms with Crippen LogP contribution in [0.3, 0.4) is 0 Å². The van der Waals surface area contributed by atoms with Gasteiger partial charge in [0.15, 0.2) is 0 Å². The fraction of sp³-hybridized carbons (Fsp3) is 0.438. The van der Waals surface area contributed by atoms with Gasteiger partial charge >= 0.3 is 0 Å². The minimum Gasteiger partial charge on any atom is -0.310 e. The van der Waals surface area contributed by atoms with Gasteiger partial charge in [0.2, 0.25) is 0 Å². The molecule has 1 saturated carbocycles. The van der Waals surface area contributed by atoms with Crippen LogP contribution in [-0.4, -0.2) is 15.8 Å². The van der Waals surface area contributed by atoms with Crippen molar-refractivity contribution in [2.75, 3.05) is 0 Å². The van der Waals surface area contributed by atoms with Crippen molar-refractivity contribution in [2.45, 2.75) is 45.3 Å². The highest BCUT2D eigenvalue weighted by Crippen LogP contribution is 2.25. The molecule has 1 heterocycles. The van der Waals surface area contributed by atoms with E-state index in [9.17, 15) is 0 Å². The topological polar surface area (TPSA) is 29.9 Å². The molecule has 1 N–H and O–H groups in total. The van der Waals surface area contributed by atoms with Gasteiger partial charge in [-0.3, -0.25) is 4.68 Å². The van der Waals surface area contributed by atoms with E-state index < -0.39 is 0 Å². The number of hydrogen-bond donors (Lipinski definition) is 1. The molecule has 2 aromatic rings. The van der Waals surface area contributed by atoms with Gasteiger partial charge in [-0.15, -0.1) is 0 Å². The molecule has 1 aromatic heterocycles. The Morgan fingerprint density at radius 1 is 1.32 bits per heavy atom. The maximum atomic E-state index is 4.43. The second-order valence-corrected chi connectivity index (χ2v) is 5.30. The van der Waals surface area contributed by atoms with Crippen LogP contribution in [-0.2, 0) is 13.1 Å². The number of rotatable bonds is 6. The van der Waals surface area contributed by atoms with Gasteiger partial charge in [-0.2, -0.15) is 5.10 Å². The number of aryl methyl sites for hydroxylation is 1. The molecule has 1 aromatic carbocycles. The Morgan fingerprint density at radius 3 is 2.95 bits per heavy atom. The molecule has 0 aliphatic heterocycles. The van der Waals surface area contributed by atoms with Crippen molar-refractivity contribution in [3.63, 3.8) is 0 Å². The zero-order chi connectivity index (χ0) is 13.1. The fourth-order valence-corrected chi connectivity index (χ4v) is 2.35. The molecule has 0 atom stereocenters. The fourth-order valence-electron chi connectivity index (χ4n) is 2.35. The molecule has 3 heteroatoms. The maximum absolute atomic E-state index is 4.43. The Bertz CT molecular complexity index is 540. The first-order valence-electron chi connectivity index (χ1n) is 7.21. The van der Waals surface area contributed by atoms with Crippen molar-refractivity contribution in [1.82, 2.24) is 15.1 Å². The molecule has 100 valence electrons. The Balaban J connectivity index is 1.80. The molecule has 19 heavy (non-hydrogen) atoms. The molecule has 1 aliphatic rings. The van der Waals surface area contributed by atoms with E-state index in [4.69, 9.17) is 0 Å². The third-order valence-electron chi connectivity index (χ3n) is 3.57. The van der Waals surface area contributed by atoms with Crippen LogP contribution in [0.25, 0.3) is 11.1 Å². The average molecular weight is 255 g/mol. The van der Waals surface area contributed by atoms with Gasteiger partial charge in [0.25, 0.3) is 0 Å². The van der Waals surface area contributed by atoms with E-state index in [1.54, 1.807) is 0 Å². The van der Waals surface area contributed by atoms with Crippen LogP contribution >= 0.6 is 0 Å². The minimum absolute atomic E-state index is 0.746. The zero-order valence-electron chi connectivity index (χ0n) is 11.5. The highest BCUT2D eigenvalue weighted by atomic mass is 15.3. The molecule has 0 saturated heterocycles.